The number of allylic oxidation sites excluding steroid dienone is 2. The highest BCUT2D eigenvalue weighted by molar-refractivity contribution is 5.92. The van der Waals surface area contributed by atoms with Crippen LogP contribution in [0.2, 0.25) is 0 Å². The van der Waals surface area contributed by atoms with E-state index in [-0.39, 0.29) is 11.5 Å². The maximum Gasteiger partial charge on any atom is 0.308 e. The van der Waals surface area contributed by atoms with Gasteiger partial charge in [0.2, 0.25) is 5.75 Å². The molecule has 1 heterocycles. The summed E-state index contributed by atoms with van der Waals surface area (Å²) in [5, 5.41) is 0.582. The number of nitrogens with zero attached hydrogens (tertiary/aromatic N) is 1. The van der Waals surface area contributed by atoms with E-state index in [1.54, 1.807) is 31.3 Å². The van der Waals surface area contributed by atoms with Crippen LogP contribution in [0.1, 0.15) is 27.2 Å². The Labute approximate surface area is 134 Å². The number of ether oxygens (including phenoxy) is 2. The molecule has 1 aromatic heterocycles. The Kier molecular flexibility index (Phi) is 4.74. The van der Waals surface area contributed by atoms with Crippen molar-refractivity contribution in [3.63, 3.8) is 0 Å². The predicted molar refractivity (Wildman–Crippen MR) is 89.6 cm³/mol. The third-order valence-electron chi connectivity index (χ3n) is 3.48. The molecule has 6 heteroatoms. The molecule has 122 valence electrons. The Bertz CT molecular complexity index is 850. The summed E-state index contributed by atoms with van der Waals surface area (Å²) in [4.78, 5) is 24.1. The molecule has 0 atom stereocenters. The number of benzene rings is 1. The number of esters is 1. The fourth-order valence-electron chi connectivity index (χ4n) is 2.30. The van der Waals surface area contributed by atoms with Gasteiger partial charge in [0, 0.05) is 31.5 Å². The summed E-state index contributed by atoms with van der Waals surface area (Å²) in [5.41, 5.74) is 6.47. The van der Waals surface area contributed by atoms with Gasteiger partial charge in [-0.3, -0.25) is 9.59 Å². The van der Waals surface area contributed by atoms with Gasteiger partial charge in [-0.25, -0.2) is 0 Å². The second-order valence-corrected chi connectivity index (χ2v) is 5.10. The molecule has 0 unspecified atom stereocenters. The number of nitrogen functional groups attached to an aromatic ring is 1. The van der Waals surface area contributed by atoms with Gasteiger partial charge in [-0.1, -0.05) is 6.92 Å². The van der Waals surface area contributed by atoms with Crippen LogP contribution in [-0.4, -0.2) is 10.5 Å². The fraction of sp³-hybridized carbons (Fsp3) is 0.294. The minimum atomic E-state index is -0.528. The largest absolute Gasteiger partial charge is 0.452 e. The standard InChI is InChI=1S/C17H20N2O4/c1-5-12(6-2)23-16-15(22-10(3)20)13-8-7-11(18)9-14(13)19(4)17(16)21/h5,7-9H,6,18H2,1-4H3. The van der Waals surface area contributed by atoms with E-state index in [2.05, 4.69) is 0 Å². The lowest BCUT2D eigenvalue weighted by Crippen LogP contribution is -2.21. The van der Waals surface area contributed by atoms with E-state index >= 15 is 0 Å². The van der Waals surface area contributed by atoms with Crippen LogP contribution in [0.3, 0.4) is 0 Å². The average molecular weight is 316 g/mol. The number of hydrogen-bond acceptors (Lipinski definition) is 5. The Hall–Kier alpha value is -2.76. The van der Waals surface area contributed by atoms with Crippen molar-refractivity contribution in [3.8, 4) is 11.5 Å². The summed E-state index contributed by atoms with van der Waals surface area (Å²) < 4.78 is 12.4. The molecular weight excluding hydrogens is 296 g/mol. The Balaban J connectivity index is 2.83. The van der Waals surface area contributed by atoms with E-state index < -0.39 is 11.5 Å². The first-order valence-electron chi connectivity index (χ1n) is 7.32. The quantitative estimate of drug-likeness (QED) is 0.533. The van der Waals surface area contributed by atoms with Crippen molar-refractivity contribution in [2.75, 3.05) is 5.73 Å². The average Bonchev–Trinajstić information content (AvgIpc) is 2.52. The van der Waals surface area contributed by atoms with Gasteiger partial charge in [-0.05, 0) is 31.2 Å². The molecule has 2 rings (SSSR count). The van der Waals surface area contributed by atoms with E-state index in [4.69, 9.17) is 15.2 Å². The first-order valence-corrected chi connectivity index (χ1v) is 7.32. The Morgan fingerprint density at radius 2 is 2.00 bits per heavy atom. The molecule has 0 spiro atoms. The highest BCUT2D eigenvalue weighted by atomic mass is 16.6. The van der Waals surface area contributed by atoms with Gasteiger partial charge < -0.3 is 19.8 Å². The molecule has 0 aliphatic rings. The van der Waals surface area contributed by atoms with Crippen LogP contribution in [0.15, 0.2) is 34.8 Å². The summed E-state index contributed by atoms with van der Waals surface area (Å²) in [6, 6.07) is 5.04. The third kappa shape index (κ3) is 3.21. The van der Waals surface area contributed by atoms with Gasteiger partial charge in [-0.15, -0.1) is 0 Å². The van der Waals surface area contributed by atoms with E-state index in [9.17, 15) is 9.59 Å². The molecule has 2 aromatic rings. The predicted octanol–water partition coefficient (Wildman–Crippen LogP) is 2.74. The molecule has 0 bridgehead atoms. The van der Waals surface area contributed by atoms with Crippen LogP contribution in [0, 0.1) is 0 Å². The van der Waals surface area contributed by atoms with Gasteiger partial charge >= 0.3 is 5.97 Å². The van der Waals surface area contributed by atoms with Crippen molar-refractivity contribution in [1.82, 2.24) is 4.57 Å². The van der Waals surface area contributed by atoms with E-state index in [1.165, 1.54) is 11.5 Å². The summed E-state index contributed by atoms with van der Waals surface area (Å²) >= 11 is 0. The number of pyridine rings is 1. The second kappa shape index (κ2) is 6.56. The highest BCUT2D eigenvalue weighted by Crippen LogP contribution is 2.34. The SMILES string of the molecule is CC=C(CC)Oc1c(OC(C)=O)c2ccc(N)cc2n(C)c1=O. The van der Waals surface area contributed by atoms with Gasteiger partial charge in [0.1, 0.15) is 5.76 Å². The van der Waals surface area contributed by atoms with Crippen molar-refractivity contribution in [2.24, 2.45) is 7.05 Å². The normalized spacial score (nSPS) is 11.6. The summed E-state index contributed by atoms with van der Waals surface area (Å²) in [6.07, 6.45) is 2.38. The minimum Gasteiger partial charge on any atom is -0.452 e. The number of carbonyl (C=O) groups is 1. The molecule has 2 N–H and O–H groups in total. The van der Waals surface area contributed by atoms with Crippen molar-refractivity contribution >= 4 is 22.6 Å². The Morgan fingerprint density at radius 1 is 1.30 bits per heavy atom. The molecule has 23 heavy (non-hydrogen) atoms. The van der Waals surface area contributed by atoms with Crippen molar-refractivity contribution < 1.29 is 14.3 Å². The monoisotopic (exact) mass is 316 g/mol. The minimum absolute atomic E-state index is 0.00470. The molecule has 0 radical (unpaired) electrons. The third-order valence-corrected chi connectivity index (χ3v) is 3.48. The number of rotatable bonds is 4. The lowest BCUT2D eigenvalue weighted by Gasteiger charge is -2.16. The molecule has 0 saturated heterocycles. The number of nitrogens with two attached hydrogens (primary N) is 1. The molecule has 1 aromatic carbocycles. The van der Waals surface area contributed by atoms with Gasteiger partial charge in [0.05, 0.1) is 5.52 Å². The van der Waals surface area contributed by atoms with Crippen molar-refractivity contribution in [3.05, 3.63) is 40.4 Å². The second-order valence-electron chi connectivity index (χ2n) is 5.10. The van der Waals surface area contributed by atoms with E-state index in [0.29, 0.717) is 28.8 Å². The maximum atomic E-state index is 12.6. The van der Waals surface area contributed by atoms with Gasteiger partial charge in [0.25, 0.3) is 5.56 Å². The van der Waals surface area contributed by atoms with Crippen LogP contribution in [-0.2, 0) is 11.8 Å². The van der Waals surface area contributed by atoms with Crippen molar-refractivity contribution in [2.45, 2.75) is 27.2 Å². The van der Waals surface area contributed by atoms with Crippen LogP contribution in [0.4, 0.5) is 5.69 Å². The fourth-order valence-corrected chi connectivity index (χ4v) is 2.30. The molecule has 0 aliphatic heterocycles. The van der Waals surface area contributed by atoms with Crippen molar-refractivity contribution in [1.29, 1.82) is 0 Å². The summed E-state index contributed by atoms with van der Waals surface area (Å²) in [5.74, 6) is 0.198. The number of aromatic nitrogens is 1. The zero-order chi connectivity index (χ0) is 17.1. The van der Waals surface area contributed by atoms with Gasteiger partial charge in [-0.2, -0.15) is 0 Å². The number of carbonyl (C=O) groups excluding carboxylic acids is 1. The van der Waals surface area contributed by atoms with Crippen LogP contribution < -0.4 is 20.8 Å². The molecule has 6 nitrogen and oxygen atoms in total. The lowest BCUT2D eigenvalue weighted by molar-refractivity contribution is -0.131. The van der Waals surface area contributed by atoms with E-state index in [0.717, 1.165) is 0 Å². The molecule has 0 aliphatic carbocycles. The Morgan fingerprint density at radius 3 is 2.57 bits per heavy atom. The van der Waals surface area contributed by atoms with Gasteiger partial charge in [0.15, 0.2) is 5.75 Å². The summed E-state index contributed by atoms with van der Waals surface area (Å²) in [7, 11) is 1.62. The molecule has 0 fully saturated rings. The highest BCUT2D eigenvalue weighted by Gasteiger charge is 2.20. The zero-order valence-corrected chi connectivity index (χ0v) is 13.7. The number of anilines is 1. The lowest BCUT2D eigenvalue weighted by atomic mass is 10.1. The zero-order valence-electron chi connectivity index (χ0n) is 13.7. The number of hydrogen-bond donors (Lipinski definition) is 1. The smallest absolute Gasteiger partial charge is 0.308 e. The first-order chi connectivity index (χ1) is 10.9. The maximum absolute atomic E-state index is 12.6. The summed E-state index contributed by atoms with van der Waals surface area (Å²) in [6.45, 7) is 5.00. The van der Waals surface area contributed by atoms with E-state index in [1.807, 2.05) is 13.8 Å². The van der Waals surface area contributed by atoms with Crippen LogP contribution >= 0.6 is 0 Å². The number of aryl methyl sites for hydroxylation is 1. The first kappa shape index (κ1) is 16.6. The topological polar surface area (TPSA) is 83.5 Å². The molecule has 0 amide bonds. The van der Waals surface area contributed by atoms with Crippen LogP contribution in [0.5, 0.6) is 11.5 Å². The molecular formula is C17H20N2O4. The van der Waals surface area contributed by atoms with Crippen LogP contribution in [0.25, 0.3) is 10.9 Å². The number of fused-ring (bicyclic) bond motifs is 1. The molecule has 0 saturated carbocycles.